The van der Waals surface area contributed by atoms with Crippen LogP contribution in [0.3, 0.4) is 0 Å². The molecule has 2 aromatic heterocycles. The first-order valence-corrected chi connectivity index (χ1v) is 13.5. The van der Waals surface area contributed by atoms with E-state index in [1.807, 2.05) is 0 Å². The molecule has 2 heteroatoms. The molecule has 0 unspecified atom stereocenters. The number of para-hydroxylation sites is 2. The summed E-state index contributed by atoms with van der Waals surface area (Å²) in [6.07, 6.45) is 20.5. The Morgan fingerprint density at radius 1 is 0.441 bits per heavy atom. The van der Waals surface area contributed by atoms with Gasteiger partial charge in [-0.3, -0.25) is 0 Å². The van der Waals surface area contributed by atoms with Gasteiger partial charge in [-0.05, 0) is 48.9 Å². The number of hydrogen-bond donors (Lipinski definition) is 0. The fourth-order valence-electron chi connectivity index (χ4n) is 5.33. The zero-order valence-electron chi connectivity index (χ0n) is 21.3. The average molecular weight is 455 g/mol. The van der Waals surface area contributed by atoms with Crippen LogP contribution in [-0.4, -0.2) is 0 Å². The lowest BCUT2D eigenvalue weighted by Gasteiger charge is -2.06. The van der Waals surface area contributed by atoms with E-state index in [4.69, 9.17) is 0 Å². The van der Waals surface area contributed by atoms with Crippen LogP contribution < -0.4 is 9.13 Å². The molecule has 34 heavy (non-hydrogen) atoms. The number of rotatable bonds is 13. The van der Waals surface area contributed by atoms with Gasteiger partial charge in [0.1, 0.15) is 14.1 Å². The SMILES string of the molecule is C[n+]1ccc(CCCCCCCCCCCCc2cc[n+](C)c3ccccc23)c2ccccc21. The number of unbranched alkanes of at least 4 members (excludes halogenated alkanes) is 9. The highest BCUT2D eigenvalue weighted by Crippen LogP contribution is 2.20. The molecule has 2 heterocycles. The maximum atomic E-state index is 2.31. The summed E-state index contributed by atoms with van der Waals surface area (Å²) in [6, 6.07) is 22.2. The Labute approximate surface area is 206 Å². The van der Waals surface area contributed by atoms with E-state index in [2.05, 4.69) is 96.3 Å². The Morgan fingerprint density at radius 2 is 0.794 bits per heavy atom. The molecule has 2 nitrogen and oxygen atoms in total. The number of pyridine rings is 2. The van der Waals surface area contributed by atoms with Gasteiger partial charge in [-0.25, -0.2) is 9.13 Å². The van der Waals surface area contributed by atoms with Crippen LogP contribution in [0.2, 0.25) is 0 Å². The van der Waals surface area contributed by atoms with E-state index < -0.39 is 0 Å². The van der Waals surface area contributed by atoms with Crippen molar-refractivity contribution in [1.82, 2.24) is 0 Å². The summed E-state index contributed by atoms with van der Waals surface area (Å²) in [4.78, 5) is 0. The second-order valence-corrected chi connectivity index (χ2v) is 9.97. The molecule has 4 aromatic rings. The maximum Gasteiger partial charge on any atom is 0.212 e. The Balaban J connectivity index is 1.04. The molecule has 0 N–H and O–H groups in total. The Kier molecular flexibility index (Phi) is 9.07. The minimum absolute atomic E-state index is 1.20. The zero-order chi connectivity index (χ0) is 23.6. The summed E-state index contributed by atoms with van der Waals surface area (Å²) in [6.45, 7) is 0. The summed E-state index contributed by atoms with van der Waals surface area (Å²) >= 11 is 0. The first-order valence-electron chi connectivity index (χ1n) is 13.5. The lowest BCUT2D eigenvalue weighted by atomic mass is 10.00. The lowest BCUT2D eigenvalue weighted by Crippen LogP contribution is -2.28. The molecule has 0 aliphatic rings. The molecule has 0 aliphatic heterocycles. The molecule has 0 saturated heterocycles. The first kappa shape index (κ1) is 24.4. The Hall–Kier alpha value is -2.74. The molecule has 0 radical (unpaired) electrons. The number of aryl methyl sites for hydroxylation is 4. The fraction of sp³-hybridized carbons (Fsp3) is 0.438. The molecule has 0 fully saturated rings. The third-order valence-corrected chi connectivity index (χ3v) is 7.40. The molecule has 0 aliphatic carbocycles. The largest absolute Gasteiger partial charge is 0.212 e. The zero-order valence-corrected chi connectivity index (χ0v) is 21.3. The van der Waals surface area contributed by atoms with E-state index in [0.717, 1.165) is 0 Å². The molecular formula is C32H42N2+2. The monoisotopic (exact) mass is 454 g/mol. The van der Waals surface area contributed by atoms with Crippen LogP contribution in [0.1, 0.15) is 75.3 Å². The Morgan fingerprint density at radius 3 is 1.21 bits per heavy atom. The second-order valence-electron chi connectivity index (χ2n) is 9.97. The number of fused-ring (bicyclic) bond motifs is 2. The molecule has 0 bridgehead atoms. The highest BCUT2D eigenvalue weighted by molar-refractivity contribution is 5.79. The van der Waals surface area contributed by atoms with Gasteiger partial charge in [-0.15, -0.1) is 0 Å². The fourth-order valence-corrected chi connectivity index (χ4v) is 5.33. The minimum Gasteiger partial charge on any atom is -0.201 e. The van der Waals surface area contributed by atoms with E-state index in [0.29, 0.717) is 0 Å². The van der Waals surface area contributed by atoms with E-state index in [-0.39, 0.29) is 0 Å². The topological polar surface area (TPSA) is 7.76 Å². The van der Waals surface area contributed by atoms with Crippen molar-refractivity contribution in [3.8, 4) is 0 Å². The van der Waals surface area contributed by atoms with Crippen LogP contribution in [-0.2, 0) is 26.9 Å². The minimum atomic E-state index is 1.20. The van der Waals surface area contributed by atoms with Gasteiger partial charge in [0, 0.05) is 35.0 Å². The van der Waals surface area contributed by atoms with Crippen molar-refractivity contribution in [2.45, 2.75) is 77.0 Å². The van der Waals surface area contributed by atoms with Crippen LogP contribution in [0, 0.1) is 0 Å². The molecule has 0 amide bonds. The van der Waals surface area contributed by atoms with Crippen molar-refractivity contribution < 1.29 is 9.13 Å². The van der Waals surface area contributed by atoms with Crippen molar-refractivity contribution in [3.05, 3.63) is 84.2 Å². The molecule has 0 saturated carbocycles. The third-order valence-electron chi connectivity index (χ3n) is 7.40. The van der Waals surface area contributed by atoms with Crippen LogP contribution >= 0.6 is 0 Å². The number of hydrogen-bond acceptors (Lipinski definition) is 0. The standard InChI is InChI=1S/C32H42N2/c1-33-25-23-27(29-19-13-15-21-31(29)33)17-11-9-7-5-3-4-6-8-10-12-18-28-24-26-34(2)32-22-16-14-20-30(28)32/h13-16,19-26H,3-12,17-18H2,1-2H3/q+2. The predicted octanol–water partition coefficient (Wildman–Crippen LogP) is 7.33. The lowest BCUT2D eigenvalue weighted by molar-refractivity contribution is -0.645. The van der Waals surface area contributed by atoms with Gasteiger partial charge in [0.15, 0.2) is 12.4 Å². The first-order chi connectivity index (χ1) is 16.7. The van der Waals surface area contributed by atoms with Crippen LogP contribution in [0.4, 0.5) is 0 Å². The second kappa shape index (κ2) is 12.6. The van der Waals surface area contributed by atoms with Crippen molar-refractivity contribution in [3.63, 3.8) is 0 Å². The molecule has 178 valence electrons. The summed E-state index contributed by atoms with van der Waals surface area (Å²) in [5.41, 5.74) is 5.69. The van der Waals surface area contributed by atoms with E-state index >= 15 is 0 Å². The van der Waals surface area contributed by atoms with Gasteiger partial charge in [0.05, 0.1) is 0 Å². The van der Waals surface area contributed by atoms with Crippen molar-refractivity contribution in [2.24, 2.45) is 14.1 Å². The summed E-state index contributed by atoms with van der Waals surface area (Å²) in [5, 5.41) is 2.84. The highest BCUT2D eigenvalue weighted by Gasteiger charge is 2.09. The van der Waals surface area contributed by atoms with Crippen molar-refractivity contribution in [1.29, 1.82) is 0 Å². The van der Waals surface area contributed by atoms with Gasteiger partial charge in [-0.2, -0.15) is 0 Å². The van der Waals surface area contributed by atoms with E-state index in [9.17, 15) is 0 Å². The molecular weight excluding hydrogens is 412 g/mol. The Bertz CT molecular complexity index is 1100. The van der Waals surface area contributed by atoms with Crippen LogP contribution in [0.15, 0.2) is 73.1 Å². The molecule has 4 rings (SSSR count). The van der Waals surface area contributed by atoms with E-state index in [1.54, 1.807) is 0 Å². The van der Waals surface area contributed by atoms with Gasteiger partial charge in [-0.1, -0.05) is 75.6 Å². The van der Waals surface area contributed by atoms with Crippen molar-refractivity contribution in [2.75, 3.05) is 0 Å². The highest BCUT2D eigenvalue weighted by atomic mass is 14.9. The smallest absolute Gasteiger partial charge is 0.201 e. The van der Waals surface area contributed by atoms with E-state index in [1.165, 1.54) is 110 Å². The van der Waals surface area contributed by atoms with Gasteiger partial charge in [0.2, 0.25) is 11.0 Å². The van der Waals surface area contributed by atoms with Crippen molar-refractivity contribution >= 4 is 21.8 Å². The quantitative estimate of drug-likeness (QED) is 0.148. The normalized spacial score (nSPS) is 11.5. The summed E-state index contributed by atoms with van der Waals surface area (Å²) in [5.74, 6) is 0. The predicted molar refractivity (Wildman–Crippen MR) is 144 cm³/mol. The molecule has 0 atom stereocenters. The number of benzene rings is 2. The van der Waals surface area contributed by atoms with Gasteiger partial charge < -0.3 is 0 Å². The maximum absolute atomic E-state index is 2.31. The van der Waals surface area contributed by atoms with Gasteiger partial charge >= 0.3 is 0 Å². The molecule has 0 spiro atoms. The van der Waals surface area contributed by atoms with Crippen LogP contribution in [0.5, 0.6) is 0 Å². The number of nitrogens with zero attached hydrogens (tertiary/aromatic N) is 2. The number of aromatic nitrogens is 2. The third kappa shape index (κ3) is 6.44. The average Bonchev–Trinajstić information content (AvgIpc) is 2.87. The summed E-state index contributed by atoms with van der Waals surface area (Å²) in [7, 11) is 4.27. The summed E-state index contributed by atoms with van der Waals surface area (Å²) < 4.78 is 4.45. The van der Waals surface area contributed by atoms with Crippen LogP contribution in [0.25, 0.3) is 21.8 Å². The molecule has 2 aromatic carbocycles. The van der Waals surface area contributed by atoms with Gasteiger partial charge in [0.25, 0.3) is 0 Å².